The first-order valence-electron chi connectivity index (χ1n) is 8.35. The standard InChI is InChI=1S/C21H17IN4/c22-16-9-6-10-17(13-16)24-21-25-19-12-5-4-11-18(19)20(26-21)23-14-15-7-2-1-3-8-15/h1-13H,14H2,(H2,23,24,25,26). The Morgan fingerprint density at radius 1 is 0.808 bits per heavy atom. The largest absolute Gasteiger partial charge is 0.365 e. The second-order valence-corrected chi connectivity index (χ2v) is 7.13. The number of nitrogens with zero attached hydrogens (tertiary/aromatic N) is 2. The Bertz CT molecular complexity index is 1030. The number of anilines is 3. The molecule has 4 nitrogen and oxygen atoms in total. The normalized spacial score (nSPS) is 10.7. The number of rotatable bonds is 5. The van der Waals surface area contributed by atoms with Gasteiger partial charge in [-0.2, -0.15) is 4.98 Å². The van der Waals surface area contributed by atoms with Crippen LogP contribution in [0.5, 0.6) is 0 Å². The average molecular weight is 452 g/mol. The van der Waals surface area contributed by atoms with Crippen molar-refractivity contribution >= 4 is 50.9 Å². The summed E-state index contributed by atoms with van der Waals surface area (Å²) in [6.07, 6.45) is 0. The smallest absolute Gasteiger partial charge is 0.229 e. The topological polar surface area (TPSA) is 49.8 Å². The van der Waals surface area contributed by atoms with Crippen LogP contribution in [0.4, 0.5) is 17.5 Å². The number of para-hydroxylation sites is 1. The molecule has 4 rings (SSSR count). The molecule has 1 aromatic heterocycles. The van der Waals surface area contributed by atoms with Gasteiger partial charge >= 0.3 is 0 Å². The molecule has 3 aromatic carbocycles. The lowest BCUT2D eigenvalue weighted by molar-refractivity contribution is 1.10. The Labute approximate surface area is 165 Å². The van der Waals surface area contributed by atoms with E-state index >= 15 is 0 Å². The first-order chi connectivity index (χ1) is 12.8. The zero-order chi connectivity index (χ0) is 17.8. The van der Waals surface area contributed by atoms with Crippen LogP contribution in [0.2, 0.25) is 0 Å². The van der Waals surface area contributed by atoms with Gasteiger partial charge in [-0.3, -0.25) is 0 Å². The van der Waals surface area contributed by atoms with E-state index in [0.717, 1.165) is 26.0 Å². The average Bonchev–Trinajstić information content (AvgIpc) is 2.67. The van der Waals surface area contributed by atoms with Crippen LogP contribution in [0.15, 0.2) is 78.9 Å². The van der Waals surface area contributed by atoms with Crippen LogP contribution in [-0.4, -0.2) is 9.97 Å². The van der Waals surface area contributed by atoms with E-state index in [1.54, 1.807) is 0 Å². The summed E-state index contributed by atoms with van der Waals surface area (Å²) >= 11 is 2.30. The molecule has 0 spiro atoms. The molecule has 0 atom stereocenters. The van der Waals surface area contributed by atoms with E-state index in [2.05, 4.69) is 62.5 Å². The molecule has 5 heteroatoms. The fourth-order valence-electron chi connectivity index (χ4n) is 2.74. The highest BCUT2D eigenvalue weighted by molar-refractivity contribution is 14.1. The molecule has 128 valence electrons. The third kappa shape index (κ3) is 3.94. The van der Waals surface area contributed by atoms with E-state index in [1.807, 2.05) is 54.6 Å². The third-order valence-corrected chi connectivity index (χ3v) is 4.66. The second kappa shape index (κ2) is 7.70. The van der Waals surface area contributed by atoms with Crippen LogP contribution in [0, 0.1) is 3.57 Å². The molecule has 0 aliphatic rings. The lowest BCUT2D eigenvalue weighted by Crippen LogP contribution is -2.05. The number of halogens is 1. The lowest BCUT2D eigenvalue weighted by atomic mass is 10.2. The molecule has 0 aliphatic heterocycles. The molecule has 0 saturated heterocycles. The van der Waals surface area contributed by atoms with E-state index in [1.165, 1.54) is 5.56 Å². The molecule has 0 bridgehead atoms. The molecule has 0 radical (unpaired) electrons. The zero-order valence-electron chi connectivity index (χ0n) is 14.0. The van der Waals surface area contributed by atoms with Gasteiger partial charge in [0.05, 0.1) is 5.52 Å². The van der Waals surface area contributed by atoms with Crippen LogP contribution in [-0.2, 0) is 6.54 Å². The number of benzene rings is 3. The highest BCUT2D eigenvalue weighted by Crippen LogP contribution is 2.24. The minimum absolute atomic E-state index is 0.585. The monoisotopic (exact) mass is 452 g/mol. The fraction of sp³-hybridized carbons (Fsp3) is 0.0476. The number of nitrogens with one attached hydrogen (secondary N) is 2. The van der Waals surface area contributed by atoms with Crippen LogP contribution in [0.3, 0.4) is 0 Å². The Hall–Kier alpha value is -2.67. The predicted molar refractivity (Wildman–Crippen MR) is 116 cm³/mol. The Kier molecular flexibility index (Phi) is 4.97. The van der Waals surface area contributed by atoms with E-state index < -0.39 is 0 Å². The van der Waals surface area contributed by atoms with Crippen LogP contribution in [0.1, 0.15) is 5.56 Å². The molecule has 26 heavy (non-hydrogen) atoms. The number of hydrogen-bond donors (Lipinski definition) is 2. The van der Waals surface area contributed by atoms with Crippen molar-refractivity contribution in [2.75, 3.05) is 10.6 Å². The fourth-order valence-corrected chi connectivity index (χ4v) is 3.29. The first-order valence-corrected chi connectivity index (χ1v) is 9.43. The zero-order valence-corrected chi connectivity index (χ0v) is 16.1. The van der Waals surface area contributed by atoms with Crippen molar-refractivity contribution in [2.45, 2.75) is 6.54 Å². The molecule has 0 amide bonds. The summed E-state index contributed by atoms with van der Waals surface area (Å²) in [5.74, 6) is 1.41. The van der Waals surface area contributed by atoms with Gasteiger partial charge < -0.3 is 10.6 Å². The van der Waals surface area contributed by atoms with Gasteiger partial charge in [-0.1, -0.05) is 48.5 Å². The van der Waals surface area contributed by atoms with E-state index in [0.29, 0.717) is 12.5 Å². The maximum Gasteiger partial charge on any atom is 0.229 e. The minimum atomic E-state index is 0.585. The SMILES string of the molecule is Ic1cccc(Nc2nc(NCc3ccccc3)c3ccccc3n2)c1. The van der Waals surface area contributed by atoms with Crippen LogP contribution in [0.25, 0.3) is 10.9 Å². The van der Waals surface area contributed by atoms with Gasteiger partial charge in [-0.15, -0.1) is 0 Å². The Morgan fingerprint density at radius 2 is 1.62 bits per heavy atom. The molecular weight excluding hydrogens is 435 g/mol. The Balaban J connectivity index is 1.66. The summed E-state index contributed by atoms with van der Waals surface area (Å²) in [5.41, 5.74) is 3.09. The number of fused-ring (bicyclic) bond motifs is 1. The Morgan fingerprint density at radius 3 is 2.46 bits per heavy atom. The van der Waals surface area contributed by atoms with Gasteiger partial charge in [0.25, 0.3) is 0 Å². The predicted octanol–water partition coefficient (Wildman–Crippen LogP) is 5.59. The molecule has 0 unspecified atom stereocenters. The number of aromatic nitrogens is 2. The quantitative estimate of drug-likeness (QED) is 0.388. The van der Waals surface area contributed by atoms with Crippen molar-refractivity contribution < 1.29 is 0 Å². The second-order valence-electron chi connectivity index (χ2n) is 5.89. The number of hydrogen-bond acceptors (Lipinski definition) is 4. The van der Waals surface area contributed by atoms with E-state index in [4.69, 9.17) is 4.98 Å². The van der Waals surface area contributed by atoms with Crippen LogP contribution < -0.4 is 10.6 Å². The van der Waals surface area contributed by atoms with Crippen LogP contribution >= 0.6 is 22.6 Å². The third-order valence-electron chi connectivity index (χ3n) is 3.99. The summed E-state index contributed by atoms with van der Waals surface area (Å²) < 4.78 is 1.16. The van der Waals surface area contributed by atoms with Crippen molar-refractivity contribution in [3.63, 3.8) is 0 Å². The van der Waals surface area contributed by atoms with Gasteiger partial charge in [0.1, 0.15) is 5.82 Å². The molecule has 4 aromatic rings. The highest BCUT2D eigenvalue weighted by Gasteiger charge is 2.08. The molecular formula is C21H17IN4. The van der Waals surface area contributed by atoms with Gasteiger partial charge in [0, 0.05) is 21.2 Å². The van der Waals surface area contributed by atoms with Crippen molar-refractivity contribution in [1.29, 1.82) is 0 Å². The van der Waals surface area contributed by atoms with Crippen molar-refractivity contribution in [1.82, 2.24) is 9.97 Å². The molecule has 2 N–H and O–H groups in total. The summed E-state index contributed by atoms with van der Waals surface area (Å²) in [4.78, 5) is 9.36. The molecule has 0 saturated carbocycles. The summed E-state index contributed by atoms with van der Waals surface area (Å²) in [7, 11) is 0. The summed E-state index contributed by atoms with van der Waals surface area (Å²) in [5, 5.41) is 7.77. The van der Waals surface area contributed by atoms with Crippen molar-refractivity contribution in [2.24, 2.45) is 0 Å². The summed E-state index contributed by atoms with van der Waals surface area (Å²) in [6.45, 7) is 0.713. The van der Waals surface area contributed by atoms with Crippen molar-refractivity contribution in [3.05, 3.63) is 88.0 Å². The minimum Gasteiger partial charge on any atom is -0.365 e. The maximum absolute atomic E-state index is 4.71. The molecule has 0 aliphatic carbocycles. The first kappa shape index (κ1) is 16.8. The summed E-state index contributed by atoms with van der Waals surface area (Å²) in [6, 6.07) is 26.5. The van der Waals surface area contributed by atoms with E-state index in [9.17, 15) is 0 Å². The van der Waals surface area contributed by atoms with Gasteiger partial charge in [-0.05, 0) is 58.5 Å². The van der Waals surface area contributed by atoms with E-state index in [-0.39, 0.29) is 0 Å². The maximum atomic E-state index is 4.71. The molecule has 1 heterocycles. The lowest BCUT2D eigenvalue weighted by Gasteiger charge is -2.12. The highest BCUT2D eigenvalue weighted by atomic mass is 127. The van der Waals surface area contributed by atoms with Gasteiger partial charge in [-0.25, -0.2) is 4.98 Å². The van der Waals surface area contributed by atoms with Gasteiger partial charge in [0.15, 0.2) is 0 Å². The van der Waals surface area contributed by atoms with Gasteiger partial charge in [0.2, 0.25) is 5.95 Å². The molecule has 0 fully saturated rings. The van der Waals surface area contributed by atoms with Crippen molar-refractivity contribution in [3.8, 4) is 0 Å².